The molecule has 0 spiro atoms. The largest absolute Gasteiger partial charge is 0.772 e. The van der Waals surface area contributed by atoms with Gasteiger partial charge < -0.3 is 9.29 Å². The van der Waals surface area contributed by atoms with Crippen LogP contribution in [0.25, 0.3) is 10.2 Å². The van der Waals surface area contributed by atoms with Crippen LogP contribution in [0.3, 0.4) is 0 Å². The highest BCUT2D eigenvalue weighted by molar-refractivity contribution is 7.78. The Hall–Kier alpha value is -0.980. The SMILES string of the molecule is CCOc1ccc2nc(CS(=O)[O-])sc2c1. The summed E-state index contributed by atoms with van der Waals surface area (Å²) >= 11 is -0.704. The molecule has 1 aromatic heterocycles. The summed E-state index contributed by atoms with van der Waals surface area (Å²) in [5.41, 5.74) is 0.814. The third kappa shape index (κ3) is 2.58. The zero-order chi connectivity index (χ0) is 11.5. The third-order valence-corrected chi connectivity index (χ3v) is 3.67. The van der Waals surface area contributed by atoms with Crippen molar-refractivity contribution in [2.45, 2.75) is 12.7 Å². The minimum Gasteiger partial charge on any atom is -0.772 e. The van der Waals surface area contributed by atoms with E-state index in [1.54, 1.807) is 0 Å². The number of fused-ring (bicyclic) bond motifs is 1. The van der Waals surface area contributed by atoms with E-state index in [0.717, 1.165) is 16.0 Å². The van der Waals surface area contributed by atoms with E-state index in [2.05, 4.69) is 4.98 Å². The maximum atomic E-state index is 10.6. The third-order valence-electron chi connectivity index (χ3n) is 1.96. The van der Waals surface area contributed by atoms with Gasteiger partial charge in [0.25, 0.3) is 0 Å². The number of nitrogens with zero attached hydrogens (tertiary/aromatic N) is 1. The van der Waals surface area contributed by atoms with Gasteiger partial charge in [0.2, 0.25) is 0 Å². The van der Waals surface area contributed by atoms with Crippen LogP contribution in [-0.4, -0.2) is 20.4 Å². The highest BCUT2D eigenvalue weighted by Gasteiger charge is 2.05. The van der Waals surface area contributed by atoms with Gasteiger partial charge in [0, 0.05) is 0 Å². The highest BCUT2D eigenvalue weighted by atomic mass is 32.2. The van der Waals surface area contributed by atoms with Gasteiger partial charge in [-0.15, -0.1) is 11.3 Å². The topological polar surface area (TPSA) is 62.2 Å². The second kappa shape index (κ2) is 4.90. The van der Waals surface area contributed by atoms with E-state index < -0.39 is 11.1 Å². The number of ether oxygens (including phenoxy) is 1. The van der Waals surface area contributed by atoms with Crippen molar-refractivity contribution in [1.29, 1.82) is 0 Å². The first kappa shape index (κ1) is 11.5. The Balaban J connectivity index is 2.34. The maximum Gasteiger partial charge on any atom is 0.120 e. The van der Waals surface area contributed by atoms with Crippen molar-refractivity contribution in [3.05, 3.63) is 23.2 Å². The van der Waals surface area contributed by atoms with Gasteiger partial charge in [0.1, 0.15) is 10.8 Å². The molecule has 0 N–H and O–H groups in total. The van der Waals surface area contributed by atoms with Gasteiger partial charge in [-0.1, -0.05) is 0 Å². The Morgan fingerprint density at radius 1 is 1.56 bits per heavy atom. The number of hydrogen-bond donors (Lipinski definition) is 0. The van der Waals surface area contributed by atoms with Crippen molar-refractivity contribution in [2.75, 3.05) is 6.61 Å². The molecule has 0 aliphatic heterocycles. The van der Waals surface area contributed by atoms with E-state index >= 15 is 0 Å². The number of aromatic nitrogens is 1. The second-order valence-corrected chi connectivity index (χ2v) is 5.13. The lowest BCUT2D eigenvalue weighted by atomic mass is 10.3. The standard InChI is InChI=1S/C10H11NO3S2/c1-2-14-7-3-4-8-9(5-7)15-10(11-8)6-16(12)13/h3-5H,2,6H2,1H3,(H,12,13)/p-1. The average Bonchev–Trinajstić information content (AvgIpc) is 2.58. The molecule has 1 atom stereocenters. The lowest BCUT2D eigenvalue weighted by molar-refractivity contribution is 0.341. The Morgan fingerprint density at radius 2 is 2.38 bits per heavy atom. The fourth-order valence-electron chi connectivity index (χ4n) is 1.37. The Bertz CT molecular complexity index is 524. The predicted octanol–water partition coefficient (Wildman–Crippen LogP) is 2.07. The van der Waals surface area contributed by atoms with Gasteiger partial charge in [-0.2, -0.15) is 0 Å². The van der Waals surface area contributed by atoms with Gasteiger partial charge in [0.15, 0.2) is 0 Å². The number of hydrogen-bond acceptors (Lipinski definition) is 5. The summed E-state index contributed by atoms with van der Waals surface area (Å²) in [4.78, 5) is 4.22. The van der Waals surface area contributed by atoms with Crippen LogP contribution in [0, 0.1) is 0 Å². The summed E-state index contributed by atoms with van der Waals surface area (Å²) in [6.45, 7) is 2.53. The first-order valence-corrected chi connectivity index (χ1v) is 6.83. The molecule has 0 saturated carbocycles. The van der Waals surface area contributed by atoms with Gasteiger partial charge in [-0.3, -0.25) is 4.21 Å². The number of rotatable bonds is 4. The molecule has 2 aromatic rings. The molecule has 2 rings (SSSR count). The van der Waals surface area contributed by atoms with Crippen LogP contribution in [0.1, 0.15) is 11.9 Å². The fraction of sp³-hybridized carbons (Fsp3) is 0.300. The van der Waals surface area contributed by atoms with Crippen LogP contribution < -0.4 is 4.74 Å². The summed E-state index contributed by atoms with van der Waals surface area (Å²) in [6, 6.07) is 5.56. The molecule has 0 fully saturated rings. The molecule has 0 bridgehead atoms. The summed E-state index contributed by atoms with van der Waals surface area (Å²) in [5.74, 6) is 0.761. The van der Waals surface area contributed by atoms with Crippen LogP contribution in [0.15, 0.2) is 18.2 Å². The molecule has 4 nitrogen and oxygen atoms in total. The van der Waals surface area contributed by atoms with E-state index in [0.29, 0.717) is 11.6 Å². The van der Waals surface area contributed by atoms with Crippen molar-refractivity contribution in [1.82, 2.24) is 4.98 Å². The lowest BCUT2D eigenvalue weighted by Crippen LogP contribution is -1.91. The molecule has 86 valence electrons. The number of thiazole rings is 1. The van der Waals surface area contributed by atoms with E-state index in [4.69, 9.17) is 4.74 Å². The van der Waals surface area contributed by atoms with E-state index in [1.807, 2.05) is 25.1 Å². The van der Waals surface area contributed by atoms with Crippen LogP contribution in [-0.2, 0) is 16.8 Å². The van der Waals surface area contributed by atoms with Crippen LogP contribution in [0.4, 0.5) is 0 Å². The van der Waals surface area contributed by atoms with Crippen LogP contribution >= 0.6 is 11.3 Å². The van der Waals surface area contributed by atoms with E-state index in [9.17, 15) is 8.76 Å². The molecule has 1 unspecified atom stereocenters. The Morgan fingerprint density at radius 3 is 3.06 bits per heavy atom. The predicted molar refractivity (Wildman–Crippen MR) is 63.4 cm³/mol. The molecular formula is C10H10NO3S2-. The zero-order valence-corrected chi connectivity index (χ0v) is 10.3. The Kier molecular flexibility index (Phi) is 3.52. The molecular weight excluding hydrogens is 246 g/mol. The highest BCUT2D eigenvalue weighted by Crippen LogP contribution is 2.26. The van der Waals surface area contributed by atoms with Crippen molar-refractivity contribution < 1.29 is 13.5 Å². The van der Waals surface area contributed by atoms with Crippen molar-refractivity contribution >= 4 is 32.6 Å². The molecule has 6 heteroatoms. The van der Waals surface area contributed by atoms with Crippen molar-refractivity contribution in [3.63, 3.8) is 0 Å². The summed E-state index contributed by atoms with van der Waals surface area (Å²) in [7, 11) is 0. The molecule has 1 heterocycles. The summed E-state index contributed by atoms with van der Waals surface area (Å²) in [6.07, 6.45) is 0. The van der Waals surface area contributed by atoms with Crippen LogP contribution in [0.2, 0.25) is 0 Å². The van der Waals surface area contributed by atoms with E-state index in [1.165, 1.54) is 11.3 Å². The minimum absolute atomic E-state index is 0.0245. The van der Waals surface area contributed by atoms with E-state index in [-0.39, 0.29) is 5.75 Å². The van der Waals surface area contributed by atoms with Crippen molar-refractivity contribution in [2.24, 2.45) is 0 Å². The molecule has 1 aromatic carbocycles. The monoisotopic (exact) mass is 256 g/mol. The molecule has 0 aliphatic carbocycles. The minimum atomic E-state index is -2.09. The summed E-state index contributed by atoms with van der Waals surface area (Å²) < 4.78 is 27.4. The Labute approximate surface area is 99.6 Å². The van der Waals surface area contributed by atoms with Crippen molar-refractivity contribution in [3.8, 4) is 5.75 Å². The quantitative estimate of drug-likeness (QED) is 0.786. The number of benzene rings is 1. The molecule has 0 saturated heterocycles. The normalized spacial score (nSPS) is 12.9. The van der Waals surface area contributed by atoms with Crippen LogP contribution in [0.5, 0.6) is 5.75 Å². The zero-order valence-electron chi connectivity index (χ0n) is 8.63. The average molecular weight is 256 g/mol. The first-order valence-electron chi connectivity index (χ1n) is 4.77. The maximum absolute atomic E-state index is 10.6. The lowest BCUT2D eigenvalue weighted by Gasteiger charge is -2.00. The smallest absolute Gasteiger partial charge is 0.120 e. The first-order chi connectivity index (χ1) is 7.69. The second-order valence-electron chi connectivity index (χ2n) is 3.12. The molecule has 0 aliphatic rings. The fourth-order valence-corrected chi connectivity index (χ4v) is 2.95. The molecule has 16 heavy (non-hydrogen) atoms. The molecule has 0 amide bonds. The molecule has 0 radical (unpaired) electrons. The van der Waals surface area contributed by atoms with Gasteiger partial charge >= 0.3 is 0 Å². The van der Waals surface area contributed by atoms with Gasteiger partial charge in [-0.25, -0.2) is 4.98 Å². The summed E-state index contributed by atoms with van der Waals surface area (Å²) in [5, 5.41) is 0.608. The van der Waals surface area contributed by atoms with Gasteiger partial charge in [-0.05, 0) is 36.2 Å². The van der Waals surface area contributed by atoms with Gasteiger partial charge in [0.05, 0.1) is 22.6 Å².